The van der Waals surface area contributed by atoms with Crippen LogP contribution in [0.5, 0.6) is 0 Å². The number of hydrogen-bond acceptors (Lipinski definition) is 3. The third-order valence-electron chi connectivity index (χ3n) is 6.29. The molecule has 0 saturated carbocycles. The molecule has 0 unspecified atom stereocenters. The average molecular weight is 485 g/mol. The summed E-state index contributed by atoms with van der Waals surface area (Å²) in [6, 6.07) is 13.5. The number of anilines is 1. The van der Waals surface area contributed by atoms with Gasteiger partial charge in [-0.05, 0) is 63.3 Å². The molecule has 1 aliphatic rings. The molecule has 182 valence electrons. The zero-order valence-electron chi connectivity index (χ0n) is 19.9. The van der Waals surface area contributed by atoms with E-state index >= 15 is 0 Å². The minimum absolute atomic E-state index is 0.00686. The number of carbonyl (C=O) groups is 3. The van der Waals surface area contributed by atoms with Gasteiger partial charge < -0.3 is 20.9 Å². The van der Waals surface area contributed by atoms with Crippen LogP contribution < -0.4 is 16.0 Å². The summed E-state index contributed by atoms with van der Waals surface area (Å²) in [5, 5.41) is 9.16. The second kappa shape index (κ2) is 11.9. The highest BCUT2D eigenvalue weighted by Gasteiger charge is 2.34. The first-order valence-electron chi connectivity index (χ1n) is 11.8. The van der Waals surface area contributed by atoms with Crippen LogP contribution in [0.2, 0.25) is 5.02 Å². The van der Waals surface area contributed by atoms with Gasteiger partial charge in [-0.2, -0.15) is 0 Å². The monoisotopic (exact) mass is 484 g/mol. The molecule has 1 heterocycles. The number of aryl methyl sites for hydroxylation is 1. The van der Waals surface area contributed by atoms with Gasteiger partial charge in [-0.1, -0.05) is 48.4 Å². The zero-order valence-corrected chi connectivity index (χ0v) is 20.7. The standard InChI is InChI=1S/C26H33ClN4O3/c1-4-18(3)28-25(33)23(30-24(32)21-7-5-6-8-22(21)27)19-13-15-31(16-14-19)26(34)29-20-11-9-17(2)10-12-20/h5-12,18-19,23H,4,13-16H2,1-3H3,(H,28,33)(H,29,34)(H,30,32)/t18-,23+/m0/s1. The van der Waals surface area contributed by atoms with Crippen molar-refractivity contribution < 1.29 is 14.4 Å². The number of nitrogens with one attached hydrogen (secondary N) is 3. The third kappa shape index (κ3) is 6.73. The van der Waals surface area contributed by atoms with Gasteiger partial charge in [0.05, 0.1) is 10.6 Å². The Balaban J connectivity index is 1.66. The molecule has 8 heteroatoms. The van der Waals surface area contributed by atoms with Crippen molar-refractivity contribution in [2.24, 2.45) is 5.92 Å². The maximum atomic E-state index is 13.1. The predicted octanol–water partition coefficient (Wildman–Crippen LogP) is 4.61. The van der Waals surface area contributed by atoms with Crippen molar-refractivity contribution in [1.82, 2.24) is 15.5 Å². The molecule has 1 fully saturated rings. The van der Waals surface area contributed by atoms with E-state index in [4.69, 9.17) is 11.6 Å². The summed E-state index contributed by atoms with van der Waals surface area (Å²) in [5.41, 5.74) is 2.20. The Labute approximate surface area is 206 Å². The van der Waals surface area contributed by atoms with Gasteiger partial charge in [-0.15, -0.1) is 0 Å². The zero-order chi connectivity index (χ0) is 24.7. The van der Waals surface area contributed by atoms with Crippen LogP contribution in [0.3, 0.4) is 0 Å². The Kier molecular flexibility index (Phi) is 8.93. The van der Waals surface area contributed by atoms with Crippen LogP contribution in [0.1, 0.15) is 49.0 Å². The predicted molar refractivity (Wildman–Crippen MR) is 135 cm³/mol. The van der Waals surface area contributed by atoms with E-state index < -0.39 is 6.04 Å². The van der Waals surface area contributed by atoms with E-state index in [1.54, 1.807) is 29.2 Å². The second-order valence-corrected chi connectivity index (χ2v) is 9.28. The van der Waals surface area contributed by atoms with Crippen LogP contribution in [-0.2, 0) is 4.79 Å². The Bertz CT molecular complexity index is 1000. The van der Waals surface area contributed by atoms with Crippen molar-refractivity contribution in [3.63, 3.8) is 0 Å². The van der Waals surface area contributed by atoms with Crippen molar-refractivity contribution in [2.45, 2.75) is 52.1 Å². The molecule has 34 heavy (non-hydrogen) atoms. The topological polar surface area (TPSA) is 90.5 Å². The van der Waals surface area contributed by atoms with E-state index in [-0.39, 0.29) is 29.8 Å². The number of amides is 4. The molecule has 3 rings (SSSR count). The number of nitrogens with zero attached hydrogens (tertiary/aromatic N) is 1. The van der Waals surface area contributed by atoms with Crippen molar-refractivity contribution in [3.05, 3.63) is 64.7 Å². The Morgan fingerprint density at radius 3 is 2.29 bits per heavy atom. The fourth-order valence-electron chi connectivity index (χ4n) is 3.97. The van der Waals surface area contributed by atoms with Gasteiger partial charge in [0.25, 0.3) is 5.91 Å². The van der Waals surface area contributed by atoms with Crippen LogP contribution in [0, 0.1) is 12.8 Å². The van der Waals surface area contributed by atoms with Crippen molar-refractivity contribution in [2.75, 3.05) is 18.4 Å². The number of likely N-dealkylation sites (tertiary alicyclic amines) is 1. The van der Waals surface area contributed by atoms with E-state index in [1.165, 1.54) is 0 Å². The highest BCUT2D eigenvalue weighted by molar-refractivity contribution is 6.33. The van der Waals surface area contributed by atoms with Crippen LogP contribution in [0.25, 0.3) is 0 Å². The van der Waals surface area contributed by atoms with Gasteiger partial charge in [0.15, 0.2) is 0 Å². The first kappa shape index (κ1) is 25.6. The molecule has 2 aromatic carbocycles. The summed E-state index contributed by atoms with van der Waals surface area (Å²) in [4.78, 5) is 40.5. The van der Waals surface area contributed by atoms with Gasteiger partial charge in [-0.25, -0.2) is 4.79 Å². The first-order valence-corrected chi connectivity index (χ1v) is 12.1. The normalized spacial score (nSPS) is 15.8. The van der Waals surface area contributed by atoms with Crippen molar-refractivity contribution in [3.8, 4) is 0 Å². The van der Waals surface area contributed by atoms with E-state index in [2.05, 4.69) is 16.0 Å². The molecule has 7 nitrogen and oxygen atoms in total. The van der Waals surface area contributed by atoms with Crippen LogP contribution in [-0.4, -0.2) is 47.9 Å². The highest BCUT2D eigenvalue weighted by atomic mass is 35.5. The van der Waals surface area contributed by atoms with Crippen molar-refractivity contribution in [1.29, 1.82) is 0 Å². The summed E-state index contributed by atoms with van der Waals surface area (Å²) < 4.78 is 0. The number of rotatable bonds is 7. The lowest BCUT2D eigenvalue weighted by Crippen LogP contribution is -2.55. The van der Waals surface area contributed by atoms with Crippen LogP contribution in [0.15, 0.2) is 48.5 Å². The Morgan fingerprint density at radius 2 is 1.68 bits per heavy atom. The molecule has 0 aromatic heterocycles. The molecule has 2 aromatic rings. The van der Waals surface area contributed by atoms with Crippen LogP contribution >= 0.6 is 11.6 Å². The maximum Gasteiger partial charge on any atom is 0.321 e. The van der Waals surface area contributed by atoms with E-state index in [1.807, 2.05) is 45.0 Å². The SMILES string of the molecule is CC[C@H](C)NC(=O)[C@H](NC(=O)c1ccccc1Cl)C1CCN(C(=O)Nc2ccc(C)cc2)CC1. The molecule has 2 atom stereocenters. The lowest BCUT2D eigenvalue weighted by molar-refractivity contribution is -0.125. The number of piperidine rings is 1. The molecule has 0 bridgehead atoms. The summed E-state index contributed by atoms with van der Waals surface area (Å²) >= 11 is 6.19. The number of benzene rings is 2. The van der Waals surface area contributed by atoms with E-state index in [0.29, 0.717) is 36.5 Å². The smallest absolute Gasteiger partial charge is 0.321 e. The van der Waals surface area contributed by atoms with Gasteiger partial charge in [0.2, 0.25) is 5.91 Å². The molecular weight excluding hydrogens is 452 g/mol. The summed E-state index contributed by atoms with van der Waals surface area (Å²) in [5.74, 6) is -0.689. The fraction of sp³-hybridized carbons (Fsp3) is 0.423. The van der Waals surface area contributed by atoms with Crippen LogP contribution in [0.4, 0.5) is 10.5 Å². The number of urea groups is 1. The molecule has 0 radical (unpaired) electrons. The minimum Gasteiger partial charge on any atom is -0.352 e. The van der Waals surface area contributed by atoms with Gasteiger partial charge in [0, 0.05) is 24.8 Å². The second-order valence-electron chi connectivity index (χ2n) is 8.87. The van der Waals surface area contributed by atoms with E-state index in [9.17, 15) is 14.4 Å². The highest BCUT2D eigenvalue weighted by Crippen LogP contribution is 2.23. The van der Waals surface area contributed by atoms with Gasteiger partial charge in [-0.3, -0.25) is 9.59 Å². The summed E-state index contributed by atoms with van der Waals surface area (Å²) in [7, 11) is 0. The van der Waals surface area contributed by atoms with E-state index in [0.717, 1.165) is 17.7 Å². The van der Waals surface area contributed by atoms with Gasteiger partial charge in [0.1, 0.15) is 6.04 Å². The number of carbonyl (C=O) groups excluding carboxylic acids is 3. The first-order chi connectivity index (χ1) is 16.3. The lowest BCUT2D eigenvalue weighted by atomic mass is 9.88. The largest absolute Gasteiger partial charge is 0.352 e. The molecule has 0 spiro atoms. The summed E-state index contributed by atoms with van der Waals surface area (Å²) in [6.07, 6.45) is 1.99. The Morgan fingerprint density at radius 1 is 1.03 bits per heavy atom. The van der Waals surface area contributed by atoms with Gasteiger partial charge >= 0.3 is 6.03 Å². The number of halogens is 1. The molecule has 4 amide bonds. The van der Waals surface area contributed by atoms with Crippen molar-refractivity contribution >= 4 is 35.1 Å². The molecule has 1 aliphatic heterocycles. The third-order valence-corrected chi connectivity index (χ3v) is 6.62. The quantitative estimate of drug-likeness (QED) is 0.536. The Hall–Kier alpha value is -3.06. The number of hydrogen-bond donors (Lipinski definition) is 3. The molecule has 3 N–H and O–H groups in total. The average Bonchev–Trinajstić information content (AvgIpc) is 2.84. The minimum atomic E-state index is -0.708. The summed E-state index contributed by atoms with van der Waals surface area (Å²) in [6.45, 7) is 6.92. The molecule has 0 aliphatic carbocycles. The molecular formula is C26H33ClN4O3. The maximum absolute atomic E-state index is 13.1. The lowest BCUT2D eigenvalue weighted by Gasteiger charge is -2.36. The fourth-order valence-corrected chi connectivity index (χ4v) is 4.19. The molecule has 1 saturated heterocycles.